The number of benzene rings is 2. The zero-order chi connectivity index (χ0) is 28.9. The summed E-state index contributed by atoms with van der Waals surface area (Å²) in [6, 6.07) is 9.15. The lowest BCUT2D eigenvalue weighted by Crippen LogP contribution is -2.60. The van der Waals surface area contributed by atoms with Gasteiger partial charge in [0.25, 0.3) is 0 Å². The first-order valence-corrected chi connectivity index (χ1v) is 15.3. The average Bonchev–Trinajstić information content (AvgIpc) is 3.41. The molecule has 6 rings (SSSR count). The summed E-state index contributed by atoms with van der Waals surface area (Å²) in [5.74, 6) is -3.02. The molecule has 2 spiro atoms. The van der Waals surface area contributed by atoms with Gasteiger partial charge in [-0.1, -0.05) is 60.7 Å². The molecule has 41 heavy (non-hydrogen) atoms. The number of amides is 2. The number of rotatable bonds is 5. The molecule has 0 radical (unpaired) electrons. The third kappa shape index (κ3) is 4.54. The Morgan fingerprint density at radius 3 is 2.49 bits per heavy atom. The SMILES string of the molecule is O=C(O)C1CCC(CNC(=O)[C@@H]2NC3(CCCCC3)C3(C(=O)Nc4cc(Cl)ccc43)[C@H]2c2cccc(Cl)c2F)CC1. The molecule has 4 N–H and O–H groups in total. The number of carboxylic acids is 1. The number of halogens is 3. The topological polar surface area (TPSA) is 108 Å². The van der Waals surface area contributed by atoms with Crippen molar-refractivity contribution < 1.29 is 23.9 Å². The third-order valence-corrected chi connectivity index (χ3v) is 10.6. The lowest BCUT2D eigenvalue weighted by Gasteiger charge is -2.47. The third-order valence-electron chi connectivity index (χ3n) is 10.1. The molecule has 2 aromatic rings. The van der Waals surface area contributed by atoms with Gasteiger partial charge in [0, 0.05) is 28.7 Å². The summed E-state index contributed by atoms with van der Waals surface area (Å²) in [5, 5.41) is 19.5. The van der Waals surface area contributed by atoms with E-state index in [-0.39, 0.29) is 34.2 Å². The Balaban J connectivity index is 1.42. The van der Waals surface area contributed by atoms with E-state index in [0.717, 1.165) is 19.3 Å². The maximum atomic E-state index is 15.9. The summed E-state index contributed by atoms with van der Waals surface area (Å²) >= 11 is 12.6. The molecule has 2 aromatic carbocycles. The van der Waals surface area contributed by atoms with Crippen LogP contribution in [0.2, 0.25) is 10.0 Å². The molecule has 2 saturated carbocycles. The van der Waals surface area contributed by atoms with Gasteiger partial charge < -0.3 is 15.7 Å². The van der Waals surface area contributed by atoms with Crippen LogP contribution >= 0.6 is 23.2 Å². The molecule has 4 aliphatic rings. The highest BCUT2D eigenvalue weighted by atomic mass is 35.5. The van der Waals surface area contributed by atoms with Gasteiger partial charge in [0.15, 0.2) is 0 Å². The second-order valence-corrected chi connectivity index (χ2v) is 13.0. The highest BCUT2D eigenvalue weighted by Crippen LogP contribution is 2.62. The number of hydrogen-bond acceptors (Lipinski definition) is 4. The van der Waals surface area contributed by atoms with E-state index in [1.807, 2.05) is 6.07 Å². The van der Waals surface area contributed by atoms with E-state index >= 15 is 4.39 Å². The molecular weight excluding hydrogens is 568 g/mol. The first kappa shape index (κ1) is 28.4. The largest absolute Gasteiger partial charge is 0.481 e. The molecule has 3 fully saturated rings. The second kappa shape index (κ2) is 10.9. The van der Waals surface area contributed by atoms with E-state index in [0.29, 0.717) is 61.3 Å². The standard InChI is InChI=1S/C31H34Cl2FN3O4/c32-19-11-12-21-23(15-19)36-29(41)31(21)24(20-5-4-6-22(33)25(20)34)26(37-30(31)13-2-1-3-14-30)27(38)35-16-17-7-9-18(10-8-17)28(39)40/h4-6,11-12,15,17-18,24,26,37H,1-3,7-10,13-14,16H2,(H,35,38)(H,36,41)(H,39,40)/t17?,18?,24-,26+,31?/m0/s1. The van der Waals surface area contributed by atoms with Crippen molar-refractivity contribution in [2.24, 2.45) is 11.8 Å². The van der Waals surface area contributed by atoms with E-state index in [4.69, 9.17) is 23.2 Å². The van der Waals surface area contributed by atoms with Crippen molar-refractivity contribution in [3.63, 3.8) is 0 Å². The van der Waals surface area contributed by atoms with Crippen molar-refractivity contribution in [2.75, 3.05) is 11.9 Å². The van der Waals surface area contributed by atoms with Crippen LogP contribution in [0.15, 0.2) is 36.4 Å². The Labute approximate surface area is 248 Å². The van der Waals surface area contributed by atoms with Crippen LogP contribution in [-0.2, 0) is 19.8 Å². The molecule has 218 valence electrons. The molecule has 3 atom stereocenters. The Hall–Kier alpha value is -2.68. The molecule has 7 nitrogen and oxygen atoms in total. The normalized spacial score (nSPS) is 30.3. The van der Waals surface area contributed by atoms with E-state index in [2.05, 4.69) is 16.0 Å². The fourth-order valence-electron chi connectivity index (χ4n) is 8.19. The van der Waals surface area contributed by atoms with Crippen LogP contribution in [0.5, 0.6) is 0 Å². The van der Waals surface area contributed by atoms with Crippen LogP contribution in [0.25, 0.3) is 0 Å². The van der Waals surface area contributed by atoms with Gasteiger partial charge in [0.05, 0.1) is 17.0 Å². The molecule has 2 heterocycles. The van der Waals surface area contributed by atoms with E-state index in [9.17, 15) is 19.5 Å². The number of aliphatic carboxylic acids is 1. The van der Waals surface area contributed by atoms with Gasteiger partial charge in [-0.05, 0) is 73.8 Å². The zero-order valence-electron chi connectivity index (χ0n) is 22.7. The number of carbonyl (C=O) groups excluding carboxylic acids is 2. The van der Waals surface area contributed by atoms with Gasteiger partial charge >= 0.3 is 5.97 Å². The van der Waals surface area contributed by atoms with Crippen LogP contribution in [-0.4, -0.2) is 41.0 Å². The number of fused-ring (bicyclic) bond motifs is 3. The maximum Gasteiger partial charge on any atom is 0.306 e. The van der Waals surface area contributed by atoms with Gasteiger partial charge in [0.1, 0.15) is 11.2 Å². The van der Waals surface area contributed by atoms with Crippen LogP contribution in [0, 0.1) is 17.7 Å². The monoisotopic (exact) mass is 601 g/mol. The van der Waals surface area contributed by atoms with Crippen LogP contribution in [0.3, 0.4) is 0 Å². The van der Waals surface area contributed by atoms with Crippen molar-refractivity contribution in [3.05, 3.63) is 63.4 Å². The average molecular weight is 603 g/mol. The maximum absolute atomic E-state index is 15.9. The molecule has 1 saturated heterocycles. The van der Waals surface area contributed by atoms with Gasteiger partial charge in [0.2, 0.25) is 11.8 Å². The number of anilines is 1. The second-order valence-electron chi connectivity index (χ2n) is 12.1. The predicted octanol–water partition coefficient (Wildman–Crippen LogP) is 5.79. The van der Waals surface area contributed by atoms with Gasteiger partial charge in [-0.15, -0.1) is 0 Å². The zero-order valence-corrected chi connectivity index (χ0v) is 24.2. The Bertz CT molecular complexity index is 1390. The minimum absolute atomic E-state index is 0.0636. The quantitative estimate of drug-likeness (QED) is 0.347. The van der Waals surface area contributed by atoms with Crippen molar-refractivity contribution in [2.45, 2.75) is 80.7 Å². The van der Waals surface area contributed by atoms with E-state index in [1.54, 1.807) is 24.3 Å². The number of carbonyl (C=O) groups is 3. The fraction of sp³-hybridized carbons (Fsp3) is 0.516. The van der Waals surface area contributed by atoms with E-state index < -0.39 is 34.7 Å². The van der Waals surface area contributed by atoms with Gasteiger partial charge in [-0.3, -0.25) is 19.7 Å². The summed E-state index contributed by atoms with van der Waals surface area (Å²) in [6.45, 7) is 0.395. The summed E-state index contributed by atoms with van der Waals surface area (Å²) in [7, 11) is 0. The van der Waals surface area contributed by atoms with Crippen LogP contribution in [0.4, 0.5) is 10.1 Å². The number of hydrogen-bond donors (Lipinski definition) is 4. The summed E-state index contributed by atoms with van der Waals surface area (Å²) in [5.41, 5.74) is -0.520. The Morgan fingerprint density at radius 1 is 1.05 bits per heavy atom. The minimum Gasteiger partial charge on any atom is -0.481 e. The smallest absolute Gasteiger partial charge is 0.306 e. The molecule has 0 aromatic heterocycles. The highest BCUT2D eigenvalue weighted by Gasteiger charge is 2.72. The van der Waals surface area contributed by atoms with Crippen molar-refractivity contribution in [1.29, 1.82) is 0 Å². The van der Waals surface area contributed by atoms with Crippen LogP contribution < -0.4 is 16.0 Å². The summed E-state index contributed by atoms with van der Waals surface area (Å²) in [6.07, 6.45) is 6.67. The Morgan fingerprint density at radius 2 is 1.78 bits per heavy atom. The Kier molecular flexibility index (Phi) is 7.54. The van der Waals surface area contributed by atoms with Crippen LogP contribution in [0.1, 0.15) is 74.8 Å². The summed E-state index contributed by atoms with van der Waals surface area (Å²) < 4.78 is 15.9. The molecular formula is C31H34Cl2FN3O4. The first-order valence-electron chi connectivity index (χ1n) is 14.5. The molecule has 0 bridgehead atoms. The lowest BCUT2D eigenvalue weighted by molar-refractivity contribution is -0.143. The fourth-order valence-corrected chi connectivity index (χ4v) is 8.54. The molecule has 1 unspecified atom stereocenters. The summed E-state index contributed by atoms with van der Waals surface area (Å²) in [4.78, 5) is 39.8. The van der Waals surface area contributed by atoms with Crippen molar-refractivity contribution >= 4 is 46.7 Å². The lowest BCUT2D eigenvalue weighted by atomic mass is 9.55. The van der Waals surface area contributed by atoms with E-state index in [1.165, 1.54) is 6.07 Å². The molecule has 2 aliphatic heterocycles. The molecule has 10 heteroatoms. The number of carboxylic acid groups (broad SMARTS) is 1. The predicted molar refractivity (Wildman–Crippen MR) is 155 cm³/mol. The first-order chi connectivity index (χ1) is 19.7. The molecule has 2 amide bonds. The number of nitrogens with one attached hydrogen (secondary N) is 3. The molecule has 2 aliphatic carbocycles. The van der Waals surface area contributed by atoms with Gasteiger partial charge in [-0.2, -0.15) is 0 Å². The highest BCUT2D eigenvalue weighted by molar-refractivity contribution is 6.31. The van der Waals surface area contributed by atoms with Crippen molar-refractivity contribution in [3.8, 4) is 0 Å². The van der Waals surface area contributed by atoms with Gasteiger partial charge in [-0.25, -0.2) is 4.39 Å². The minimum atomic E-state index is -1.26. The van der Waals surface area contributed by atoms with Crippen molar-refractivity contribution in [1.82, 2.24) is 10.6 Å².